The number of hydrogen-bond acceptors (Lipinski definition) is 4. The van der Waals surface area contributed by atoms with Crippen molar-refractivity contribution in [3.05, 3.63) is 12.2 Å². The molecular formula is C14H25N3O2. The number of carbonyl (C=O) groups is 2. The second-order valence-electron chi connectivity index (χ2n) is 5.23. The van der Waals surface area contributed by atoms with E-state index in [1.54, 1.807) is 0 Å². The minimum Gasteiger partial charge on any atom is -0.329 e. The number of imide groups is 1. The Balaban J connectivity index is 2.40. The van der Waals surface area contributed by atoms with Crippen LogP contribution in [0, 0.1) is 11.8 Å². The Labute approximate surface area is 115 Å². The fraction of sp³-hybridized carbons (Fsp3) is 0.714. The van der Waals surface area contributed by atoms with Crippen LogP contribution in [0.15, 0.2) is 12.2 Å². The van der Waals surface area contributed by atoms with Crippen LogP contribution in [0.1, 0.15) is 26.7 Å². The number of likely N-dealkylation sites (tertiary alicyclic amines) is 1. The highest BCUT2D eigenvalue weighted by Gasteiger charge is 2.37. The molecule has 0 radical (unpaired) electrons. The fourth-order valence-electron chi connectivity index (χ4n) is 2.10. The maximum absolute atomic E-state index is 12.1. The molecule has 1 saturated heterocycles. The summed E-state index contributed by atoms with van der Waals surface area (Å²) in [6, 6.07) is 0. The molecule has 0 aromatic heterocycles. The lowest BCUT2D eigenvalue weighted by molar-refractivity contribution is -0.139. The van der Waals surface area contributed by atoms with Gasteiger partial charge in [-0.3, -0.25) is 14.5 Å². The van der Waals surface area contributed by atoms with Gasteiger partial charge in [0.2, 0.25) is 11.8 Å². The fourth-order valence-corrected chi connectivity index (χ4v) is 2.10. The van der Waals surface area contributed by atoms with Crippen molar-refractivity contribution in [1.82, 2.24) is 10.2 Å². The summed E-state index contributed by atoms with van der Waals surface area (Å²) in [5.74, 6) is 0.219. The summed E-state index contributed by atoms with van der Waals surface area (Å²) in [6.07, 6.45) is 5.09. The van der Waals surface area contributed by atoms with Gasteiger partial charge in [-0.1, -0.05) is 26.0 Å². The smallest absolute Gasteiger partial charge is 0.233 e. The number of nitrogens with two attached hydrogens (primary N) is 1. The molecule has 1 atom stereocenters. The molecule has 108 valence electrons. The molecule has 3 N–H and O–H groups in total. The third kappa shape index (κ3) is 5.12. The van der Waals surface area contributed by atoms with Gasteiger partial charge in [0.25, 0.3) is 0 Å². The summed E-state index contributed by atoms with van der Waals surface area (Å²) in [7, 11) is 0. The van der Waals surface area contributed by atoms with E-state index >= 15 is 0 Å². The van der Waals surface area contributed by atoms with Crippen LogP contribution in [0.25, 0.3) is 0 Å². The van der Waals surface area contributed by atoms with Crippen LogP contribution in [-0.4, -0.2) is 42.9 Å². The van der Waals surface area contributed by atoms with Gasteiger partial charge < -0.3 is 11.1 Å². The van der Waals surface area contributed by atoms with Crippen molar-refractivity contribution in [1.29, 1.82) is 0 Å². The molecule has 1 aliphatic heterocycles. The first kappa shape index (κ1) is 15.9. The van der Waals surface area contributed by atoms with Gasteiger partial charge in [0.15, 0.2) is 0 Å². The quantitative estimate of drug-likeness (QED) is 0.382. The lowest BCUT2D eigenvalue weighted by Gasteiger charge is -2.14. The molecule has 0 saturated carbocycles. The third-order valence-electron chi connectivity index (χ3n) is 3.11. The number of amides is 2. The van der Waals surface area contributed by atoms with Crippen LogP contribution in [-0.2, 0) is 9.59 Å². The van der Waals surface area contributed by atoms with E-state index in [1.165, 1.54) is 4.90 Å². The summed E-state index contributed by atoms with van der Waals surface area (Å²) in [4.78, 5) is 25.2. The highest BCUT2D eigenvalue weighted by Crippen LogP contribution is 2.22. The highest BCUT2D eigenvalue weighted by atomic mass is 16.2. The zero-order chi connectivity index (χ0) is 14.3. The van der Waals surface area contributed by atoms with E-state index in [2.05, 4.69) is 25.2 Å². The standard InChI is InChI=1S/C14H25N3O2/c1-11(2)4-3-5-12-10-13(18)17(14(12)19)9-8-16-7-6-15/h3-4,11-12,16H,5-10,15H2,1-2H3/b4-3+. The number of allylic oxidation sites excluding steroid dienone is 2. The van der Waals surface area contributed by atoms with Gasteiger partial charge in [0.05, 0.1) is 5.92 Å². The summed E-state index contributed by atoms with van der Waals surface area (Å²) >= 11 is 0. The predicted octanol–water partition coefficient (Wildman–Crippen LogP) is 0.512. The molecule has 0 aliphatic carbocycles. The second-order valence-corrected chi connectivity index (χ2v) is 5.23. The van der Waals surface area contributed by atoms with Crippen LogP contribution < -0.4 is 11.1 Å². The van der Waals surface area contributed by atoms with Crippen LogP contribution in [0.5, 0.6) is 0 Å². The van der Waals surface area contributed by atoms with Gasteiger partial charge in [-0.25, -0.2) is 0 Å². The van der Waals surface area contributed by atoms with E-state index in [0.29, 0.717) is 44.9 Å². The van der Waals surface area contributed by atoms with Crippen LogP contribution in [0.2, 0.25) is 0 Å². The molecule has 1 heterocycles. The van der Waals surface area contributed by atoms with Crippen molar-refractivity contribution in [3.8, 4) is 0 Å². The lowest BCUT2D eigenvalue weighted by atomic mass is 10.0. The van der Waals surface area contributed by atoms with Gasteiger partial charge in [0, 0.05) is 32.6 Å². The Morgan fingerprint density at radius 2 is 2.16 bits per heavy atom. The highest BCUT2D eigenvalue weighted by molar-refractivity contribution is 6.03. The predicted molar refractivity (Wildman–Crippen MR) is 75.3 cm³/mol. The first-order valence-electron chi connectivity index (χ1n) is 6.98. The molecule has 0 bridgehead atoms. The Bertz CT molecular complexity index is 340. The Hall–Kier alpha value is -1.20. The maximum Gasteiger partial charge on any atom is 0.233 e. The van der Waals surface area contributed by atoms with E-state index in [9.17, 15) is 9.59 Å². The van der Waals surface area contributed by atoms with Crippen molar-refractivity contribution < 1.29 is 9.59 Å². The molecule has 5 nitrogen and oxygen atoms in total. The average molecular weight is 267 g/mol. The van der Waals surface area contributed by atoms with Gasteiger partial charge >= 0.3 is 0 Å². The van der Waals surface area contributed by atoms with E-state index in [4.69, 9.17) is 5.73 Å². The minimum atomic E-state index is -0.169. The van der Waals surface area contributed by atoms with Crippen LogP contribution >= 0.6 is 0 Å². The summed E-state index contributed by atoms with van der Waals surface area (Å²) in [5, 5.41) is 3.09. The van der Waals surface area contributed by atoms with E-state index in [-0.39, 0.29) is 17.7 Å². The van der Waals surface area contributed by atoms with Crippen LogP contribution in [0.4, 0.5) is 0 Å². The van der Waals surface area contributed by atoms with E-state index in [0.717, 1.165) is 0 Å². The molecule has 2 amide bonds. The van der Waals surface area contributed by atoms with E-state index < -0.39 is 0 Å². The normalized spacial score (nSPS) is 20.2. The molecule has 0 aromatic carbocycles. The monoisotopic (exact) mass is 267 g/mol. The molecule has 1 fully saturated rings. The molecule has 0 aromatic rings. The minimum absolute atomic E-state index is 0.0343. The maximum atomic E-state index is 12.1. The first-order chi connectivity index (χ1) is 9.06. The summed E-state index contributed by atoms with van der Waals surface area (Å²) in [5.41, 5.74) is 5.36. The lowest BCUT2D eigenvalue weighted by Crippen LogP contribution is -2.37. The summed E-state index contributed by atoms with van der Waals surface area (Å²) in [6.45, 7) is 6.51. The number of nitrogens with one attached hydrogen (secondary N) is 1. The topological polar surface area (TPSA) is 75.4 Å². The van der Waals surface area contributed by atoms with E-state index in [1.807, 2.05) is 6.08 Å². The number of nitrogens with zero attached hydrogens (tertiary/aromatic N) is 1. The Morgan fingerprint density at radius 1 is 1.42 bits per heavy atom. The SMILES string of the molecule is CC(C)/C=C/CC1CC(=O)N(CCNCCN)C1=O. The first-order valence-corrected chi connectivity index (χ1v) is 6.98. The molecular weight excluding hydrogens is 242 g/mol. The largest absolute Gasteiger partial charge is 0.329 e. The Morgan fingerprint density at radius 3 is 2.79 bits per heavy atom. The second kappa shape index (κ2) is 8.07. The van der Waals surface area contributed by atoms with Gasteiger partial charge in [0.1, 0.15) is 0 Å². The van der Waals surface area contributed by atoms with Gasteiger partial charge in [-0.2, -0.15) is 0 Å². The summed E-state index contributed by atoms with van der Waals surface area (Å²) < 4.78 is 0. The average Bonchev–Trinajstić information content (AvgIpc) is 2.61. The van der Waals surface area contributed by atoms with Gasteiger partial charge in [-0.05, 0) is 12.3 Å². The van der Waals surface area contributed by atoms with Crippen molar-refractivity contribution >= 4 is 11.8 Å². The van der Waals surface area contributed by atoms with Crippen molar-refractivity contribution in [2.24, 2.45) is 17.6 Å². The molecule has 19 heavy (non-hydrogen) atoms. The van der Waals surface area contributed by atoms with Crippen molar-refractivity contribution in [2.75, 3.05) is 26.2 Å². The molecule has 1 rings (SSSR count). The van der Waals surface area contributed by atoms with Crippen molar-refractivity contribution in [3.63, 3.8) is 0 Å². The molecule has 1 unspecified atom stereocenters. The number of hydrogen-bond donors (Lipinski definition) is 2. The number of rotatable bonds is 8. The van der Waals surface area contributed by atoms with Crippen LogP contribution in [0.3, 0.4) is 0 Å². The zero-order valence-corrected chi connectivity index (χ0v) is 11.9. The van der Waals surface area contributed by atoms with Crippen molar-refractivity contribution in [2.45, 2.75) is 26.7 Å². The molecule has 1 aliphatic rings. The molecule has 5 heteroatoms. The number of carbonyl (C=O) groups excluding carboxylic acids is 2. The third-order valence-corrected chi connectivity index (χ3v) is 3.11. The Kier molecular flexibility index (Phi) is 6.73. The zero-order valence-electron chi connectivity index (χ0n) is 11.9. The van der Waals surface area contributed by atoms with Gasteiger partial charge in [-0.15, -0.1) is 0 Å². The molecule has 0 spiro atoms.